The monoisotopic (exact) mass is 913 g/mol. The summed E-state index contributed by atoms with van der Waals surface area (Å²) in [5, 5.41) is 10.1. The predicted molar refractivity (Wildman–Crippen MR) is 305 cm³/mol. The lowest BCUT2D eigenvalue weighted by Gasteiger charge is -2.34. The van der Waals surface area contributed by atoms with E-state index in [0.29, 0.717) is 0 Å². The Morgan fingerprint density at radius 1 is 0.222 bits per heavy atom. The number of fused-ring (bicyclic) bond motifs is 9. The van der Waals surface area contributed by atoms with Crippen LogP contribution < -0.4 is 4.90 Å². The summed E-state index contributed by atoms with van der Waals surface area (Å²) in [5.41, 5.74) is 17.7. The fourth-order valence-electron chi connectivity index (χ4n) is 11.8. The van der Waals surface area contributed by atoms with Crippen LogP contribution in [-0.2, 0) is 5.41 Å². The van der Waals surface area contributed by atoms with Crippen LogP contribution in [0.5, 0.6) is 0 Å². The van der Waals surface area contributed by atoms with Crippen molar-refractivity contribution in [2.24, 2.45) is 0 Å². The molecular weight excluding hydrogens is 867 g/mol. The quantitative estimate of drug-likeness (QED) is 0.137. The average molecular weight is 914 g/mol. The van der Waals surface area contributed by atoms with Crippen LogP contribution in [0.2, 0.25) is 0 Å². The molecule has 0 saturated heterocycles. The molecule has 1 nitrogen and oxygen atoms in total. The van der Waals surface area contributed by atoms with Gasteiger partial charge in [0, 0.05) is 17.1 Å². The van der Waals surface area contributed by atoms with Crippen LogP contribution in [0.25, 0.3) is 87.6 Å². The summed E-state index contributed by atoms with van der Waals surface area (Å²) >= 11 is 0. The van der Waals surface area contributed by atoms with Crippen LogP contribution in [0, 0.1) is 0 Å². The molecule has 0 bridgehead atoms. The summed E-state index contributed by atoms with van der Waals surface area (Å²) in [5.74, 6) is 0. The first-order valence-electron chi connectivity index (χ1n) is 25.0. The number of benzene rings is 13. The van der Waals surface area contributed by atoms with E-state index >= 15 is 0 Å². The van der Waals surface area contributed by atoms with Gasteiger partial charge in [0.1, 0.15) is 0 Å². The van der Waals surface area contributed by atoms with Gasteiger partial charge < -0.3 is 4.90 Å². The van der Waals surface area contributed by atoms with Gasteiger partial charge in [0.2, 0.25) is 0 Å². The van der Waals surface area contributed by atoms with E-state index in [2.05, 4.69) is 290 Å². The zero-order chi connectivity index (χ0) is 47.6. The summed E-state index contributed by atoms with van der Waals surface area (Å²) < 4.78 is 0. The molecule has 0 aliphatic heterocycles. The first-order valence-corrected chi connectivity index (χ1v) is 25.0. The number of hydrogen-bond acceptors (Lipinski definition) is 1. The third kappa shape index (κ3) is 6.77. The lowest BCUT2D eigenvalue weighted by molar-refractivity contribution is 0.769. The van der Waals surface area contributed by atoms with Crippen molar-refractivity contribution >= 4 is 60.2 Å². The predicted octanol–water partition coefficient (Wildman–Crippen LogP) is 19.1. The van der Waals surface area contributed by atoms with Gasteiger partial charge in [0.05, 0.1) is 5.41 Å². The summed E-state index contributed by atoms with van der Waals surface area (Å²) in [6.45, 7) is 0. The van der Waals surface area contributed by atoms with Crippen molar-refractivity contribution < 1.29 is 0 Å². The van der Waals surface area contributed by atoms with Gasteiger partial charge in [-0.05, 0) is 164 Å². The maximum Gasteiger partial charge on any atom is 0.0713 e. The number of rotatable bonds is 8. The molecule has 72 heavy (non-hydrogen) atoms. The van der Waals surface area contributed by atoms with E-state index in [-0.39, 0.29) is 0 Å². The minimum atomic E-state index is -0.458. The Morgan fingerprint density at radius 2 is 0.569 bits per heavy atom. The van der Waals surface area contributed by atoms with E-state index in [1.54, 1.807) is 0 Å². The van der Waals surface area contributed by atoms with Gasteiger partial charge in [-0.1, -0.05) is 231 Å². The lowest BCUT2D eigenvalue weighted by atomic mass is 9.67. The second kappa shape index (κ2) is 17.0. The molecule has 0 unspecified atom stereocenters. The van der Waals surface area contributed by atoms with E-state index in [1.807, 2.05) is 0 Å². The van der Waals surface area contributed by atoms with Crippen molar-refractivity contribution in [2.45, 2.75) is 5.41 Å². The Bertz CT molecular complexity index is 3970. The normalized spacial score (nSPS) is 12.6. The molecule has 1 heteroatoms. The van der Waals surface area contributed by atoms with Gasteiger partial charge in [0.25, 0.3) is 0 Å². The summed E-state index contributed by atoms with van der Waals surface area (Å²) in [7, 11) is 0. The molecule has 0 fully saturated rings. The largest absolute Gasteiger partial charge is 0.311 e. The topological polar surface area (TPSA) is 3.24 Å². The Kier molecular flexibility index (Phi) is 9.82. The highest BCUT2D eigenvalue weighted by Gasteiger charge is 2.46. The van der Waals surface area contributed by atoms with Crippen LogP contribution in [0.3, 0.4) is 0 Å². The maximum atomic E-state index is 2.45. The first kappa shape index (κ1) is 41.7. The van der Waals surface area contributed by atoms with Gasteiger partial charge in [0.15, 0.2) is 0 Å². The zero-order valence-corrected chi connectivity index (χ0v) is 39.6. The van der Waals surface area contributed by atoms with Crippen molar-refractivity contribution in [3.63, 3.8) is 0 Å². The highest BCUT2D eigenvalue weighted by atomic mass is 15.1. The molecule has 0 spiro atoms. The van der Waals surface area contributed by atoms with Crippen molar-refractivity contribution in [1.29, 1.82) is 0 Å². The van der Waals surface area contributed by atoms with Gasteiger partial charge >= 0.3 is 0 Å². The molecule has 0 aromatic heterocycles. The molecule has 13 aromatic rings. The summed E-state index contributed by atoms with van der Waals surface area (Å²) in [4.78, 5) is 2.38. The van der Waals surface area contributed by atoms with Crippen molar-refractivity contribution in [3.05, 3.63) is 307 Å². The fourth-order valence-corrected chi connectivity index (χ4v) is 11.8. The molecule has 0 N–H and O–H groups in total. The fraction of sp³-hybridized carbons (Fsp3) is 0.0141. The lowest BCUT2D eigenvalue weighted by Crippen LogP contribution is -2.28. The van der Waals surface area contributed by atoms with Crippen LogP contribution in [0.1, 0.15) is 22.3 Å². The van der Waals surface area contributed by atoms with Crippen molar-refractivity contribution in [1.82, 2.24) is 0 Å². The molecule has 336 valence electrons. The van der Waals surface area contributed by atoms with Gasteiger partial charge in [-0.2, -0.15) is 0 Å². The summed E-state index contributed by atoms with van der Waals surface area (Å²) in [6.07, 6.45) is 0. The molecule has 0 atom stereocenters. The molecule has 0 heterocycles. The van der Waals surface area contributed by atoms with E-state index < -0.39 is 5.41 Å². The van der Waals surface area contributed by atoms with Crippen LogP contribution in [0.15, 0.2) is 285 Å². The molecule has 1 aliphatic carbocycles. The second-order valence-electron chi connectivity index (χ2n) is 19.2. The molecule has 0 radical (unpaired) electrons. The van der Waals surface area contributed by atoms with Crippen molar-refractivity contribution in [3.8, 4) is 44.5 Å². The first-order chi connectivity index (χ1) is 35.7. The van der Waals surface area contributed by atoms with Gasteiger partial charge in [-0.3, -0.25) is 0 Å². The number of nitrogens with zero attached hydrogens (tertiary/aromatic N) is 1. The SMILES string of the molecule is c1ccc(C2(c3ccccc3)c3ccccc3-c3ccc(-c4ccc(N(c5ccc(-c6ccc7ccc8ccccc8c7c6)cc5)c5ccc(-c6ccc7ccc8ccccc8c7c6)cc5)cc4)cc32)cc1. The number of hydrogen-bond donors (Lipinski definition) is 0. The van der Waals surface area contributed by atoms with Crippen molar-refractivity contribution in [2.75, 3.05) is 4.90 Å². The van der Waals surface area contributed by atoms with E-state index in [9.17, 15) is 0 Å². The van der Waals surface area contributed by atoms with Gasteiger partial charge in [-0.15, -0.1) is 0 Å². The minimum Gasteiger partial charge on any atom is -0.311 e. The Hall–Kier alpha value is -9.30. The highest BCUT2D eigenvalue weighted by Crippen LogP contribution is 2.57. The molecule has 1 aliphatic rings. The molecular formula is C71H47N. The molecule has 13 aromatic carbocycles. The smallest absolute Gasteiger partial charge is 0.0713 e. The van der Waals surface area contributed by atoms with Crippen LogP contribution in [0.4, 0.5) is 17.1 Å². The zero-order valence-electron chi connectivity index (χ0n) is 39.6. The minimum absolute atomic E-state index is 0.458. The Balaban J connectivity index is 0.862. The molecule has 14 rings (SSSR count). The maximum absolute atomic E-state index is 2.45. The third-order valence-electron chi connectivity index (χ3n) is 15.3. The second-order valence-corrected chi connectivity index (χ2v) is 19.2. The molecule has 0 amide bonds. The van der Waals surface area contributed by atoms with E-state index in [0.717, 1.165) is 17.1 Å². The Labute approximate surface area is 420 Å². The van der Waals surface area contributed by atoms with Crippen LogP contribution >= 0.6 is 0 Å². The van der Waals surface area contributed by atoms with E-state index in [1.165, 1.54) is 110 Å². The Morgan fingerprint density at radius 3 is 1.06 bits per heavy atom. The standard InChI is InChI=1S/C71H47N/c1-3-15-58(16-4-1)71(59-17-5-2-6-18-59)69-22-12-11-21-65(69)66-44-37-57(47-70(66)71)50-35-42-62(43-36-50)72(60-38-31-48(32-39-60)55-29-27-53-25-23-51-13-7-9-19-63(51)67(53)45-55)61-40-33-49(34-41-61)56-30-28-54-26-24-52-14-8-10-20-64(52)68(54)46-56/h1-47H. The average Bonchev–Trinajstić information content (AvgIpc) is 3.76. The number of anilines is 3. The highest BCUT2D eigenvalue weighted by molar-refractivity contribution is 6.10. The summed E-state index contributed by atoms with van der Waals surface area (Å²) in [6, 6.07) is 105. The van der Waals surface area contributed by atoms with E-state index in [4.69, 9.17) is 0 Å². The third-order valence-corrected chi connectivity index (χ3v) is 15.3. The molecule has 0 saturated carbocycles. The van der Waals surface area contributed by atoms with Gasteiger partial charge in [-0.25, -0.2) is 0 Å². The van der Waals surface area contributed by atoms with Crippen LogP contribution in [-0.4, -0.2) is 0 Å².